The van der Waals surface area contributed by atoms with E-state index in [1.54, 1.807) is 34.1 Å². The molecule has 3 aliphatic rings. The van der Waals surface area contributed by atoms with Gasteiger partial charge >= 0.3 is 0 Å². The van der Waals surface area contributed by atoms with Crippen LogP contribution in [0.5, 0.6) is 11.5 Å². The highest BCUT2D eigenvalue weighted by molar-refractivity contribution is 6.03. The molecule has 28 heavy (non-hydrogen) atoms. The molecule has 0 spiro atoms. The molecular weight excluding hydrogens is 363 g/mol. The van der Waals surface area contributed by atoms with Crippen LogP contribution in [0.15, 0.2) is 36.4 Å². The van der Waals surface area contributed by atoms with Crippen LogP contribution in [0, 0.1) is 5.82 Å². The van der Waals surface area contributed by atoms with E-state index >= 15 is 0 Å². The van der Waals surface area contributed by atoms with Gasteiger partial charge in [-0.3, -0.25) is 9.59 Å². The highest BCUT2D eigenvalue weighted by Gasteiger charge is 2.39. The van der Waals surface area contributed by atoms with Crippen molar-refractivity contribution in [1.29, 1.82) is 0 Å². The van der Waals surface area contributed by atoms with Gasteiger partial charge in [0.15, 0.2) is 11.5 Å². The molecule has 1 fully saturated rings. The third-order valence-corrected chi connectivity index (χ3v) is 5.63. The SMILES string of the molecule is O=C(C1CCCN1C(=O)c1ccc2c(c1)OCO2)N1CCc2ccc(F)cc21. The predicted molar refractivity (Wildman–Crippen MR) is 99.1 cm³/mol. The maximum absolute atomic E-state index is 13.7. The normalized spacial score (nSPS) is 19.8. The summed E-state index contributed by atoms with van der Waals surface area (Å²) in [6, 6.07) is 9.06. The molecular formula is C21H19FN2O4. The Morgan fingerprint density at radius 2 is 1.89 bits per heavy atom. The Morgan fingerprint density at radius 1 is 1.04 bits per heavy atom. The molecule has 2 aromatic rings. The van der Waals surface area contributed by atoms with Gasteiger partial charge in [0.25, 0.3) is 5.91 Å². The number of halogens is 1. The first-order valence-corrected chi connectivity index (χ1v) is 9.42. The summed E-state index contributed by atoms with van der Waals surface area (Å²) in [5.41, 5.74) is 2.05. The molecule has 2 aromatic carbocycles. The molecule has 0 saturated carbocycles. The highest BCUT2D eigenvalue weighted by atomic mass is 19.1. The minimum atomic E-state index is -0.535. The summed E-state index contributed by atoms with van der Waals surface area (Å²) in [5, 5.41) is 0. The van der Waals surface area contributed by atoms with Crippen molar-refractivity contribution in [2.75, 3.05) is 24.8 Å². The van der Waals surface area contributed by atoms with Crippen LogP contribution in [0.4, 0.5) is 10.1 Å². The van der Waals surface area contributed by atoms with E-state index in [1.807, 2.05) is 0 Å². The maximum atomic E-state index is 13.7. The third-order valence-electron chi connectivity index (χ3n) is 5.63. The number of benzene rings is 2. The van der Waals surface area contributed by atoms with Crippen LogP contribution in [0.3, 0.4) is 0 Å². The first-order valence-electron chi connectivity index (χ1n) is 9.42. The van der Waals surface area contributed by atoms with E-state index in [0.29, 0.717) is 48.7 Å². The summed E-state index contributed by atoms with van der Waals surface area (Å²) in [6.45, 7) is 1.18. The fraction of sp³-hybridized carbons (Fsp3) is 0.333. The number of hydrogen-bond acceptors (Lipinski definition) is 4. The molecule has 0 aromatic heterocycles. The number of anilines is 1. The van der Waals surface area contributed by atoms with Gasteiger partial charge < -0.3 is 19.3 Å². The Kier molecular flexibility index (Phi) is 3.96. The van der Waals surface area contributed by atoms with Gasteiger partial charge in [-0.2, -0.15) is 0 Å². The number of nitrogens with zero attached hydrogens (tertiary/aromatic N) is 2. The molecule has 3 aliphatic heterocycles. The van der Waals surface area contributed by atoms with E-state index in [2.05, 4.69) is 0 Å². The van der Waals surface area contributed by atoms with Gasteiger partial charge in [-0.25, -0.2) is 4.39 Å². The molecule has 0 N–H and O–H groups in total. The Bertz CT molecular complexity index is 977. The van der Waals surface area contributed by atoms with Crippen LogP contribution in [-0.2, 0) is 11.2 Å². The van der Waals surface area contributed by atoms with Gasteiger partial charge in [0.05, 0.1) is 0 Å². The first-order chi connectivity index (χ1) is 13.6. The first kappa shape index (κ1) is 17.0. The summed E-state index contributed by atoms with van der Waals surface area (Å²) in [6.07, 6.45) is 2.07. The van der Waals surface area contributed by atoms with Crippen molar-refractivity contribution in [1.82, 2.24) is 4.90 Å². The Balaban J connectivity index is 1.39. The quantitative estimate of drug-likeness (QED) is 0.802. The lowest BCUT2D eigenvalue weighted by Crippen LogP contribution is -2.47. The molecule has 0 radical (unpaired) electrons. The van der Waals surface area contributed by atoms with Gasteiger partial charge in [-0.1, -0.05) is 6.07 Å². The highest BCUT2D eigenvalue weighted by Crippen LogP contribution is 2.35. The lowest BCUT2D eigenvalue weighted by atomic mass is 10.1. The van der Waals surface area contributed by atoms with Crippen molar-refractivity contribution >= 4 is 17.5 Å². The van der Waals surface area contributed by atoms with E-state index in [1.165, 1.54) is 12.1 Å². The minimum Gasteiger partial charge on any atom is -0.454 e. The number of fused-ring (bicyclic) bond motifs is 2. The van der Waals surface area contributed by atoms with Crippen LogP contribution in [0.25, 0.3) is 0 Å². The van der Waals surface area contributed by atoms with Gasteiger partial charge in [0.2, 0.25) is 12.7 Å². The van der Waals surface area contributed by atoms with Crippen molar-refractivity contribution in [2.24, 2.45) is 0 Å². The number of carbonyl (C=O) groups is 2. The van der Waals surface area contributed by atoms with E-state index in [0.717, 1.165) is 12.0 Å². The molecule has 0 aliphatic carbocycles. The van der Waals surface area contributed by atoms with Crippen molar-refractivity contribution in [2.45, 2.75) is 25.3 Å². The molecule has 0 bridgehead atoms. The predicted octanol–water partition coefficient (Wildman–Crippen LogP) is 2.75. The van der Waals surface area contributed by atoms with Gasteiger partial charge in [0.1, 0.15) is 11.9 Å². The molecule has 1 saturated heterocycles. The number of likely N-dealkylation sites (tertiary alicyclic amines) is 1. The van der Waals surface area contributed by atoms with Gasteiger partial charge in [-0.05, 0) is 55.2 Å². The Hall–Kier alpha value is -3.09. The molecule has 6 nitrogen and oxygen atoms in total. The summed E-state index contributed by atoms with van der Waals surface area (Å²) in [4.78, 5) is 29.5. The van der Waals surface area contributed by atoms with E-state index < -0.39 is 6.04 Å². The number of ether oxygens (including phenoxy) is 2. The van der Waals surface area contributed by atoms with Crippen LogP contribution in [0.2, 0.25) is 0 Å². The summed E-state index contributed by atoms with van der Waals surface area (Å²) >= 11 is 0. The third kappa shape index (κ3) is 2.69. The van der Waals surface area contributed by atoms with Gasteiger partial charge in [-0.15, -0.1) is 0 Å². The average molecular weight is 382 g/mol. The fourth-order valence-corrected chi connectivity index (χ4v) is 4.22. The van der Waals surface area contributed by atoms with E-state index in [-0.39, 0.29) is 24.4 Å². The molecule has 2 amide bonds. The zero-order chi connectivity index (χ0) is 19.3. The lowest BCUT2D eigenvalue weighted by Gasteiger charge is -2.28. The zero-order valence-corrected chi connectivity index (χ0v) is 15.2. The molecule has 7 heteroatoms. The number of rotatable bonds is 2. The van der Waals surface area contributed by atoms with Crippen molar-refractivity contribution < 1.29 is 23.5 Å². The van der Waals surface area contributed by atoms with Crippen LogP contribution >= 0.6 is 0 Å². The van der Waals surface area contributed by atoms with Crippen LogP contribution < -0.4 is 14.4 Å². The molecule has 1 unspecified atom stereocenters. The van der Waals surface area contributed by atoms with E-state index in [9.17, 15) is 14.0 Å². The number of hydrogen-bond donors (Lipinski definition) is 0. The maximum Gasteiger partial charge on any atom is 0.254 e. The summed E-state index contributed by atoms with van der Waals surface area (Å²) in [7, 11) is 0. The molecule has 3 heterocycles. The second-order valence-corrected chi connectivity index (χ2v) is 7.24. The van der Waals surface area contributed by atoms with Crippen molar-refractivity contribution in [3.05, 3.63) is 53.3 Å². The second-order valence-electron chi connectivity index (χ2n) is 7.24. The van der Waals surface area contributed by atoms with Gasteiger partial charge in [0, 0.05) is 24.3 Å². The van der Waals surface area contributed by atoms with Crippen LogP contribution in [-0.4, -0.2) is 42.6 Å². The standard InChI is InChI=1S/C21H19FN2O4/c22-15-5-3-13-7-9-24(17(13)11-15)21(26)16-2-1-8-23(16)20(25)14-4-6-18-19(10-14)28-12-27-18/h3-6,10-11,16H,1-2,7-9,12H2. The Morgan fingerprint density at radius 3 is 2.79 bits per heavy atom. The topological polar surface area (TPSA) is 59.1 Å². The largest absolute Gasteiger partial charge is 0.454 e. The second kappa shape index (κ2) is 6.51. The average Bonchev–Trinajstić information content (AvgIpc) is 3.44. The van der Waals surface area contributed by atoms with Crippen LogP contribution in [0.1, 0.15) is 28.8 Å². The summed E-state index contributed by atoms with van der Waals surface area (Å²) < 4.78 is 24.3. The lowest BCUT2D eigenvalue weighted by molar-refractivity contribution is -0.122. The van der Waals surface area contributed by atoms with Crippen molar-refractivity contribution in [3.63, 3.8) is 0 Å². The molecule has 1 atom stereocenters. The number of amides is 2. The minimum absolute atomic E-state index is 0.142. The smallest absolute Gasteiger partial charge is 0.254 e. The monoisotopic (exact) mass is 382 g/mol. The molecule has 144 valence electrons. The molecule has 5 rings (SSSR count). The fourth-order valence-electron chi connectivity index (χ4n) is 4.22. The van der Waals surface area contributed by atoms with Crippen molar-refractivity contribution in [3.8, 4) is 11.5 Å². The zero-order valence-electron chi connectivity index (χ0n) is 15.2. The van der Waals surface area contributed by atoms with E-state index in [4.69, 9.17) is 9.47 Å². The summed E-state index contributed by atoms with van der Waals surface area (Å²) in [5.74, 6) is 0.445. The number of carbonyl (C=O) groups excluding carboxylic acids is 2. The Labute approximate surface area is 161 Å².